The van der Waals surface area contributed by atoms with Gasteiger partial charge < -0.3 is 10.1 Å². The van der Waals surface area contributed by atoms with Crippen LogP contribution < -0.4 is 5.32 Å². The van der Waals surface area contributed by atoms with Gasteiger partial charge in [0.2, 0.25) is 11.8 Å². The van der Waals surface area contributed by atoms with Gasteiger partial charge in [0.15, 0.2) is 6.10 Å². The largest absolute Gasteiger partial charge is 0.451 e. The van der Waals surface area contributed by atoms with Crippen molar-refractivity contribution in [1.82, 2.24) is 4.90 Å². The van der Waals surface area contributed by atoms with Crippen LogP contribution in [0.3, 0.4) is 0 Å². The average Bonchev–Trinajstić information content (AvgIpc) is 2.92. The molecule has 1 aliphatic carbocycles. The fraction of sp³-hybridized carbons (Fsp3) is 0.500. The molecule has 0 radical (unpaired) electrons. The lowest BCUT2D eigenvalue weighted by Gasteiger charge is -2.23. The van der Waals surface area contributed by atoms with E-state index in [1.807, 2.05) is 0 Å². The van der Waals surface area contributed by atoms with Crippen molar-refractivity contribution >= 4 is 29.4 Å². The van der Waals surface area contributed by atoms with Crippen LogP contribution in [0.5, 0.6) is 0 Å². The van der Waals surface area contributed by atoms with E-state index in [1.54, 1.807) is 0 Å². The second kappa shape index (κ2) is 8.08. The lowest BCUT2D eigenvalue weighted by Crippen LogP contribution is -2.46. The Morgan fingerprint density at radius 1 is 1.14 bits per heavy atom. The molecule has 0 spiro atoms. The third-order valence-corrected chi connectivity index (χ3v) is 5.36. The minimum absolute atomic E-state index is 0.231. The van der Waals surface area contributed by atoms with E-state index in [1.165, 1.54) is 32.0 Å². The summed E-state index contributed by atoms with van der Waals surface area (Å²) in [6.45, 7) is 2.79. The number of amides is 3. The van der Waals surface area contributed by atoms with Crippen LogP contribution in [0.25, 0.3) is 0 Å². The molecule has 4 atom stereocenters. The van der Waals surface area contributed by atoms with Crippen molar-refractivity contribution in [3.63, 3.8) is 0 Å². The minimum Gasteiger partial charge on any atom is -0.451 e. The van der Waals surface area contributed by atoms with E-state index in [9.17, 15) is 23.6 Å². The number of carbonyl (C=O) groups excluding carboxylic acids is 4. The summed E-state index contributed by atoms with van der Waals surface area (Å²) in [5.74, 6) is -3.37. The number of nitrogens with one attached hydrogen (secondary N) is 1. The van der Waals surface area contributed by atoms with Crippen LogP contribution in [0.15, 0.2) is 24.3 Å². The van der Waals surface area contributed by atoms with Gasteiger partial charge in [0.1, 0.15) is 11.9 Å². The summed E-state index contributed by atoms with van der Waals surface area (Å²) in [7, 11) is 0. The molecule has 0 bridgehead atoms. The predicted molar refractivity (Wildman–Crippen MR) is 97.3 cm³/mol. The monoisotopic (exact) mass is 390 g/mol. The fourth-order valence-electron chi connectivity index (χ4n) is 3.81. The Kier molecular flexibility index (Phi) is 5.76. The number of likely N-dealkylation sites (tertiary alicyclic amines) is 1. The van der Waals surface area contributed by atoms with Gasteiger partial charge in [0, 0.05) is 5.69 Å². The highest BCUT2D eigenvalue weighted by molar-refractivity contribution is 6.08. The molecule has 7 nitrogen and oxygen atoms in total. The van der Waals surface area contributed by atoms with E-state index < -0.39 is 29.8 Å². The molecule has 1 aromatic carbocycles. The number of imide groups is 1. The molecule has 28 heavy (non-hydrogen) atoms. The maximum atomic E-state index is 13.2. The van der Waals surface area contributed by atoms with Crippen LogP contribution in [0.2, 0.25) is 0 Å². The number of hydrogen-bond acceptors (Lipinski definition) is 5. The van der Waals surface area contributed by atoms with Gasteiger partial charge in [0.25, 0.3) is 5.91 Å². The zero-order chi connectivity index (χ0) is 20.4. The van der Waals surface area contributed by atoms with Crippen molar-refractivity contribution in [2.45, 2.75) is 51.7 Å². The van der Waals surface area contributed by atoms with E-state index in [4.69, 9.17) is 4.74 Å². The van der Waals surface area contributed by atoms with Gasteiger partial charge in [-0.15, -0.1) is 0 Å². The predicted octanol–water partition coefficient (Wildman–Crippen LogP) is 2.26. The van der Waals surface area contributed by atoms with Gasteiger partial charge in [-0.05, 0) is 44.9 Å². The van der Waals surface area contributed by atoms with Crippen LogP contribution in [0.4, 0.5) is 10.1 Å². The van der Waals surface area contributed by atoms with E-state index in [2.05, 4.69) is 5.32 Å². The molecule has 1 aliphatic heterocycles. The molecule has 3 amide bonds. The molecule has 150 valence electrons. The highest BCUT2D eigenvalue weighted by Crippen LogP contribution is 2.38. The summed E-state index contributed by atoms with van der Waals surface area (Å²) in [6, 6.07) is 4.21. The second-order valence-electron chi connectivity index (χ2n) is 7.30. The number of carbonyl (C=O) groups is 4. The van der Waals surface area contributed by atoms with Crippen molar-refractivity contribution in [3.05, 3.63) is 30.1 Å². The number of rotatable bonds is 5. The number of benzene rings is 1. The molecular weight excluding hydrogens is 367 g/mol. The van der Waals surface area contributed by atoms with Crippen molar-refractivity contribution in [2.24, 2.45) is 11.8 Å². The van der Waals surface area contributed by atoms with Gasteiger partial charge in [-0.2, -0.15) is 0 Å². The Morgan fingerprint density at radius 2 is 1.75 bits per heavy atom. The third-order valence-electron chi connectivity index (χ3n) is 5.36. The standard InChI is InChI=1S/C20H23FN2O5/c1-11(23-18(25)15-8-3-4-9-16(15)19(23)26)20(27)28-12(2)17(24)22-14-7-5-6-13(21)10-14/h5-7,10-12,15-16H,3-4,8-9H2,1-2H3,(H,22,24)/t11-,12+,15-,16-/m0/s1. The molecule has 2 aliphatic rings. The Balaban J connectivity index is 1.61. The molecule has 0 unspecified atom stereocenters. The molecule has 8 heteroatoms. The molecule has 1 saturated heterocycles. The number of hydrogen-bond donors (Lipinski definition) is 1. The normalized spacial score (nSPS) is 23.8. The van der Waals surface area contributed by atoms with Crippen LogP contribution in [0, 0.1) is 17.7 Å². The number of nitrogens with zero attached hydrogens (tertiary/aromatic N) is 1. The first kappa shape index (κ1) is 20.0. The Labute approximate surface area is 162 Å². The number of esters is 1. The summed E-state index contributed by atoms with van der Waals surface area (Å²) < 4.78 is 18.3. The van der Waals surface area contributed by atoms with Crippen LogP contribution in [-0.2, 0) is 23.9 Å². The Bertz CT molecular complexity index is 788. The minimum atomic E-state index is -1.17. The maximum Gasteiger partial charge on any atom is 0.329 e. The highest BCUT2D eigenvalue weighted by atomic mass is 19.1. The number of halogens is 1. The lowest BCUT2D eigenvalue weighted by atomic mass is 9.81. The molecule has 1 saturated carbocycles. The number of ether oxygens (including phenoxy) is 1. The van der Waals surface area contributed by atoms with Crippen molar-refractivity contribution in [1.29, 1.82) is 0 Å². The SMILES string of the molecule is C[C@@H](OC(=O)[C@H](C)N1C(=O)[C@H]2CCCC[C@@H]2C1=O)C(=O)Nc1cccc(F)c1. The summed E-state index contributed by atoms with van der Waals surface area (Å²) in [4.78, 5) is 50.7. The van der Waals surface area contributed by atoms with E-state index >= 15 is 0 Å². The zero-order valence-corrected chi connectivity index (χ0v) is 15.8. The van der Waals surface area contributed by atoms with Crippen LogP contribution in [0.1, 0.15) is 39.5 Å². The number of anilines is 1. The number of fused-ring (bicyclic) bond motifs is 1. The molecule has 1 heterocycles. The first-order chi connectivity index (χ1) is 13.3. The van der Waals surface area contributed by atoms with Crippen molar-refractivity contribution in [3.8, 4) is 0 Å². The molecule has 2 fully saturated rings. The summed E-state index contributed by atoms with van der Waals surface area (Å²) in [5, 5.41) is 2.45. The average molecular weight is 390 g/mol. The Hall–Kier alpha value is -2.77. The van der Waals surface area contributed by atoms with Gasteiger partial charge in [-0.3, -0.25) is 19.3 Å². The third kappa shape index (κ3) is 3.90. The lowest BCUT2D eigenvalue weighted by molar-refractivity contribution is -0.163. The quantitative estimate of drug-likeness (QED) is 0.615. The van der Waals surface area contributed by atoms with Crippen LogP contribution >= 0.6 is 0 Å². The smallest absolute Gasteiger partial charge is 0.329 e. The molecule has 1 aromatic rings. The summed E-state index contributed by atoms with van der Waals surface area (Å²) in [6.07, 6.45) is 1.92. The molecular formula is C20H23FN2O5. The summed E-state index contributed by atoms with van der Waals surface area (Å²) in [5.41, 5.74) is 0.231. The van der Waals surface area contributed by atoms with E-state index in [-0.39, 0.29) is 29.3 Å². The fourth-order valence-corrected chi connectivity index (χ4v) is 3.81. The first-order valence-corrected chi connectivity index (χ1v) is 9.43. The van der Waals surface area contributed by atoms with Gasteiger partial charge in [-0.1, -0.05) is 18.9 Å². The zero-order valence-electron chi connectivity index (χ0n) is 15.8. The molecule has 1 N–H and O–H groups in total. The topological polar surface area (TPSA) is 92.8 Å². The first-order valence-electron chi connectivity index (χ1n) is 9.43. The highest BCUT2D eigenvalue weighted by Gasteiger charge is 2.51. The van der Waals surface area contributed by atoms with Gasteiger partial charge >= 0.3 is 5.97 Å². The van der Waals surface area contributed by atoms with Crippen molar-refractivity contribution in [2.75, 3.05) is 5.32 Å². The van der Waals surface area contributed by atoms with E-state index in [0.717, 1.165) is 23.8 Å². The maximum absolute atomic E-state index is 13.2. The van der Waals surface area contributed by atoms with Gasteiger partial charge in [0.05, 0.1) is 11.8 Å². The molecule has 0 aromatic heterocycles. The van der Waals surface area contributed by atoms with Gasteiger partial charge in [-0.25, -0.2) is 9.18 Å². The summed E-state index contributed by atoms with van der Waals surface area (Å²) >= 11 is 0. The second-order valence-corrected chi connectivity index (χ2v) is 7.30. The Morgan fingerprint density at radius 3 is 2.32 bits per heavy atom. The van der Waals surface area contributed by atoms with E-state index in [0.29, 0.717) is 12.8 Å². The van der Waals surface area contributed by atoms with Crippen LogP contribution in [-0.4, -0.2) is 40.7 Å². The van der Waals surface area contributed by atoms with Crippen molar-refractivity contribution < 1.29 is 28.3 Å². The molecule has 3 rings (SSSR count).